The molecule has 2 heterocycles. The van der Waals surface area contributed by atoms with Crippen LogP contribution in [0.4, 0.5) is 0 Å². The number of aromatic hydroxyl groups is 2. The number of piperidine rings is 1. The zero-order valence-corrected chi connectivity index (χ0v) is 15.6. The lowest BCUT2D eigenvalue weighted by atomic mass is 9.85. The maximum atomic E-state index is 10.4. The molecule has 2 bridgehead atoms. The number of benzene rings is 2. The van der Waals surface area contributed by atoms with Crippen molar-refractivity contribution in [2.24, 2.45) is 5.92 Å². The zero-order chi connectivity index (χ0) is 18.3. The van der Waals surface area contributed by atoms with Gasteiger partial charge in [-0.1, -0.05) is 42.5 Å². The molecule has 4 rings (SSSR count). The lowest BCUT2D eigenvalue weighted by Gasteiger charge is -2.44. The Kier molecular flexibility index (Phi) is 4.28. The standard InChI is InChI=1S/C23H27NO2/c1-24(2)17-11-12-18(24)14-16(13-17)15-21(19-7-3-5-9-22(19)25)20-8-4-6-10-23(20)26/h3-10,15-18H,11-14H2,1-2H3,(H-,25,26)/p+1/t16?,17-,18+. The van der Waals surface area contributed by atoms with E-state index in [4.69, 9.17) is 0 Å². The van der Waals surface area contributed by atoms with Gasteiger partial charge in [0.25, 0.3) is 0 Å². The molecule has 2 fully saturated rings. The van der Waals surface area contributed by atoms with Crippen LogP contribution in [0.5, 0.6) is 11.5 Å². The molecule has 0 aromatic heterocycles. The Labute approximate surface area is 155 Å². The monoisotopic (exact) mass is 350 g/mol. The number of quaternary nitrogens is 1. The molecule has 26 heavy (non-hydrogen) atoms. The Morgan fingerprint density at radius 1 is 0.846 bits per heavy atom. The van der Waals surface area contributed by atoms with Gasteiger partial charge in [0.2, 0.25) is 0 Å². The minimum atomic E-state index is 0.261. The summed E-state index contributed by atoms with van der Waals surface area (Å²) in [7, 11) is 4.74. The number of hydrogen-bond donors (Lipinski definition) is 2. The third kappa shape index (κ3) is 2.90. The Morgan fingerprint density at radius 3 is 1.77 bits per heavy atom. The van der Waals surface area contributed by atoms with Gasteiger partial charge in [-0.2, -0.15) is 0 Å². The zero-order valence-electron chi connectivity index (χ0n) is 15.6. The van der Waals surface area contributed by atoms with Crippen molar-refractivity contribution in [2.75, 3.05) is 14.1 Å². The van der Waals surface area contributed by atoms with E-state index in [2.05, 4.69) is 20.2 Å². The summed E-state index contributed by atoms with van der Waals surface area (Å²) >= 11 is 0. The predicted octanol–water partition coefficient (Wildman–Crippen LogP) is 4.55. The molecule has 2 aromatic rings. The molecule has 0 radical (unpaired) electrons. The molecule has 3 heteroatoms. The average molecular weight is 350 g/mol. The molecule has 2 N–H and O–H groups in total. The number of phenols is 2. The number of nitrogens with zero attached hydrogens (tertiary/aromatic N) is 1. The molecule has 1 unspecified atom stereocenters. The van der Waals surface area contributed by atoms with E-state index in [9.17, 15) is 10.2 Å². The van der Waals surface area contributed by atoms with Gasteiger partial charge in [-0.05, 0) is 23.6 Å². The van der Waals surface area contributed by atoms with Crippen LogP contribution in [-0.4, -0.2) is 40.9 Å². The largest absolute Gasteiger partial charge is 0.507 e. The van der Waals surface area contributed by atoms with Crippen LogP contribution in [0, 0.1) is 5.92 Å². The van der Waals surface area contributed by atoms with Crippen LogP contribution in [0.25, 0.3) is 5.57 Å². The third-order valence-corrected chi connectivity index (χ3v) is 6.66. The Balaban J connectivity index is 1.76. The highest BCUT2D eigenvalue weighted by atomic mass is 16.3. The van der Waals surface area contributed by atoms with Gasteiger partial charge in [0.15, 0.2) is 0 Å². The Bertz CT molecular complexity index is 776. The number of rotatable bonds is 3. The molecule has 0 amide bonds. The minimum Gasteiger partial charge on any atom is -0.507 e. The summed E-state index contributed by atoms with van der Waals surface area (Å²) in [6.07, 6.45) is 7.27. The third-order valence-electron chi connectivity index (χ3n) is 6.66. The second kappa shape index (κ2) is 6.48. The normalized spacial score (nSPS) is 26.5. The molecule has 2 saturated heterocycles. The number of phenolic OH excluding ortho intramolecular Hbond substituents is 2. The topological polar surface area (TPSA) is 40.5 Å². The van der Waals surface area contributed by atoms with Crippen molar-refractivity contribution in [1.82, 2.24) is 0 Å². The van der Waals surface area contributed by atoms with E-state index in [1.807, 2.05) is 36.4 Å². The second-order valence-electron chi connectivity index (χ2n) is 8.36. The highest BCUT2D eigenvalue weighted by Crippen LogP contribution is 2.44. The lowest BCUT2D eigenvalue weighted by Crippen LogP contribution is -2.54. The summed E-state index contributed by atoms with van der Waals surface area (Å²) in [5.41, 5.74) is 2.53. The van der Waals surface area contributed by atoms with Gasteiger partial charge in [-0.25, -0.2) is 0 Å². The fraction of sp³-hybridized carbons (Fsp3) is 0.391. The van der Waals surface area contributed by atoms with Gasteiger partial charge in [-0.15, -0.1) is 0 Å². The van der Waals surface area contributed by atoms with Gasteiger partial charge in [0.1, 0.15) is 11.5 Å². The Morgan fingerprint density at radius 2 is 1.31 bits per heavy atom. The van der Waals surface area contributed by atoms with Crippen molar-refractivity contribution in [3.63, 3.8) is 0 Å². The van der Waals surface area contributed by atoms with Crippen LogP contribution < -0.4 is 0 Å². The highest BCUT2D eigenvalue weighted by molar-refractivity contribution is 5.85. The van der Waals surface area contributed by atoms with Crippen molar-refractivity contribution < 1.29 is 14.7 Å². The van der Waals surface area contributed by atoms with Crippen molar-refractivity contribution in [1.29, 1.82) is 0 Å². The Hall–Kier alpha value is -2.26. The fourth-order valence-corrected chi connectivity index (χ4v) is 5.02. The van der Waals surface area contributed by atoms with E-state index in [1.54, 1.807) is 12.1 Å². The predicted molar refractivity (Wildman–Crippen MR) is 105 cm³/mol. The van der Waals surface area contributed by atoms with Crippen molar-refractivity contribution in [3.05, 3.63) is 65.7 Å². The molecule has 0 spiro atoms. The first-order chi connectivity index (χ1) is 12.5. The molecule has 136 valence electrons. The summed E-state index contributed by atoms with van der Waals surface area (Å²) in [5.74, 6) is 1.00. The molecular weight excluding hydrogens is 322 g/mol. The number of fused-ring (bicyclic) bond motifs is 2. The van der Waals surface area contributed by atoms with E-state index >= 15 is 0 Å². The number of allylic oxidation sites excluding steroid dienone is 1. The molecule has 3 atom stereocenters. The van der Waals surface area contributed by atoms with E-state index < -0.39 is 0 Å². The average Bonchev–Trinajstić information content (AvgIpc) is 2.78. The van der Waals surface area contributed by atoms with Gasteiger partial charge < -0.3 is 14.7 Å². The molecule has 0 saturated carbocycles. The van der Waals surface area contributed by atoms with Crippen LogP contribution in [0.3, 0.4) is 0 Å². The van der Waals surface area contributed by atoms with Gasteiger partial charge >= 0.3 is 0 Å². The van der Waals surface area contributed by atoms with E-state index in [-0.39, 0.29) is 11.5 Å². The smallest absolute Gasteiger partial charge is 0.123 e. The molecule has 2 aromatic carbocycles. The SMILES string of the molecule is C[N+]1(C)[C@@H]2CC[C@H]1CC(C=C(c1ccccc1O)c1ccccc1O)C2. The van der Waals surface area contributed by atoms with E-state index in [1.165, 1.54) is 25.7 Å². The first-order valence-electron chi connectivity index (χ1n) is 9.58. The summed E-state index contributed by atoms with van der Waals surface area (Å²) < 4.78 is 1.15. The van der Waals surface area contributed by atoms with Crippen LogP contribution >= 0.6 is 0 Å². The van der Waals surface area contributed by atoms with Gasteiger partial charge in [-0.3, -0.25) is 0 Å². The maximum Gasteiger partial charge on any atom is 0.123 e. The van der Waals surface area contributed by atoms with Gasteiger partial charge in [0, 0.05) is 36.8 Å². The minimum absolute atomic E-state index is 0.261. The lowest BCUT2D eigenvalue weighted by molar-refractivity contribution is -0.931. The molecule has 2 aliphatic rings. The van der Waals surface area contributed by atoms with Crippen LogP contribution in [0.2, 0.25) is 0 Å². The molecule has 0 aliphatic carbocycles. The van der Waals surface area contributed by atoms with Crippen LogP contribution in [-0.2, 0) is 0 Å². The first-order valence-corrected chi connectivity index (χ1v) is 9.58. The summed E-state index contributed by atoms with van der Waals surface area (Å²) in [5, 5.41) is 20.9. The summed E-state index contributed by atoms with van der Waals surface area (Å²) in [4.78, 5) is 0. The molecular formula is C23H28NO2+. The summed E-state index contributed by atoms with van der Waals surface area (Å²) in [6, 6.07) is 16.3. The quantitative estimate of drug-likeness (QED) is 0.798. The van der Waals surface area contributed by atoms with E-state index in [0.717, 1.165) is 21.2 Å². The first kappa shape index (κ1) is 17.2. The fourth-order valence-electron chi connectivity index (χ4n) is 5.02. The van der Waals surface area contributed by atoms with Crippen molar-refractivity contribution >= 4 is 5.57 Å². The molecule has 3 nitrogen and oxygen atoms in total. The highest BCUT2D eigenvalue weighted by Gasteiger charge is 2.48. The van der Waals surface area contributed by atoms with Crippen molar-refractivity contribution in [3.8, 4) is 11.5 Å². The number of hydrogen-bond acceptors (Lipinski definition) is 2. The van der Waals surface area contributed by atoms with Crippen molar-refractivity contribution in [2.45, 2.75) is 37.8 Å². The maximum absolute atomic E-state index is 10.4. The van der Waals surface area contributed by atoms with Crippen LogP contribution in [0.15, 0.2) is 54.6 Å². The second-order valence-corrected chi connectivity index (χ2v) is 8.36. The molecule has 2 aliphatic heterocycles. The van der Waals surface area contributed by atoms with Gasteiger partial charge in [0.05, 0.1) is 26.2 Å². The van der Waals surface area contributed by atoms with E-state index in [0.29, 0.717) is 18.0 Å². The number of para-hydroxylation sites is 2. The summed E-state index contributed by atoms with van der Waals surface area (Å²) in [6.45, 7) is 0. The van der Waals surface area contributed by atoms with Crippen LogP contribution in [0.1, 0.15) is 36.8 Å².